The summed E-state index contributed by atoms with van der Waals surface area (Å²) in [5.74, 6) is 0.746. The second kappa shape index (κ2) is 16.3. The van der Waals surface area contributed by atoms with Crippen LogP contribution in [0.5, 0.6) is 5.75 Å². The number of aromatic nitrogens is 3. The highest BCUT2D eigenvalue weighted by atomic mass is 35.5. The smallest absolute Gasteiger partial charge is 0.291 e. The number of hydrogen-bond donors (Lipinski definition) is 3. The number of anilines is 1. The van der Waals surface area contributed by atoms with Crippen LogP contribution in [0.1, 0.15) is 59.7 Å². The van der Waals surface area contributed by atoms with Gasteiger partial charge in [-0.1, -0.05) is 47.5 Å². The van der Waals surface area contributed by atoms with E-state index in [1.807, 2.05) is 41.9 Å². The van der Waals surface area contributed by atoms with Crippen molar-refractivity contribution in [1.82, 2.24) is 30.1 Å². The highest BCUT2D eigenvalue weighted by molar-refractivity contribution is 6.39. The lowest BCUT2D eigenvalue weighted by molar-refractivity contribution is -0.119. The van der Waals surface area contributed by atoms with E-state index in [9.17, 15) is 14.0 Å². The van der Waals surface area contributed by atoms with Crippen molar-refractivity contribution >= 4 is 40.7 Å². The van der Waals surface area contributed by atoms with Gasteiger partial charge >= 0.3 is 0 Å². The maximum absolute atomic E-state index is 13.5. The Bertz CT molecular complexity index is 1870. The van der Waals surface area contributed by atoms with E-state index in [0.29, 0.717) is 76.6 Å². The van der Waals surface area contributed by atoms with Crippen LogP contribution in [-0.2, 0) is 31.4 Å². The van der Waals surface area contributed by atoms with Gasteiger partial charge < -0.3 is 25.3 Å². The molecule has 3 N–H and O–H groups in total. The summed E-state index contributed by atoms with van der Waals surface area (Å²) < 4.78 is 20.0. The fraction of sp³-hybridized carbons (Fsp3) is 0.405. The Kier molecular flexibility index (Phi) is 11.7. The number of alkyl halides is 1. The minimum atomic E-state index is -0.355. The number of imidazole rings is 1. The Labute approximate surface area is 301 Å². The fourth-order valence-electron chi connectivity index (χ4n) is 6.70. The van der Waals surface area contributed by atoms with Crippen LogP contribution in [0.3, 0.4) is 0 Å². The van der Waals surface area contributed by atoms with E-state index < -0.39 is 0 Å². The van der Waals surface area contributed by atoms with Crippen LogP contribution in [0, 0.1) is 0 Å². The van der Waals surface area contributed by atoms with Crippen molar-refractivity contribution in [2.75, 3.05) is 38.7 Å². The predicted molar refractivity (Wildman–Crippen MR) is 195 cm³/mol. The molecule has 2 aliphatic heterocycles. The minimum Gasteiger partial charge on any atom is -0.496 e. The van der Waals surface area contributed by atoms with Gasteiger partial charge in [0, 0.05) is 86.3 Å². The molecule has 0 radical (unpaired) electrons. The van der Waals surface area contributed by atoms with Gasteiger partial charge in [-0.3, -0.25) is 23.9 Å². The third-order valence-electron chi connectivity index (χ3n) is 9.42. The number of nitrogens with zero attached hydrogens (tertiary/aromatic N) is 4. The average Bonchev–Trinajstić information content (AvgIpc) is 3.69. The third kappa shape index (κ3) is 7.96. The van der Waals surface area contributed by atoms with Crippen LogP contribution in [0.2, 0.25) is 10.0 Å². The first-order valence-electron chi connectivity index (χ1n) is 17.0. The molecule has 0 spiro atoms. The molecule has 2 aliphatic rings. The molecule has 2 amide bonds. The molecular weight excluding hydrogens is 680 g/mol. The molecule has 1 saturated heterocycles. The Balaban J connectivity index is 1.17. The lowest BCUT2D eigenvalue weighted by Crippen LogP contribution is -2.35. The van der Waals surface area contributed by atoms with Gasteiger partial charge in [0.25, 0.3) is 5.91 Å². The average molecular weight is 723 g/mol. The van der Waals surface area contributed by atoms with Gasteiger partial charge in [-0.05, 0) is 50.4 Å². The molecule has 4 heterocycles. The lowest BCUT2D eigenvalue weighted by atomic mass is 10.0. The van der Waals surface area contributed by atoms with Crippen molar-refractivity contribution in [1.29, 1.82) is 0 Å². The molecule has 1 fully saturated rings. The van der Waals surface area contributed by atoms with Gasteiger partial charge in [-0.25, -0.2) is 4.98 Å². The summed E-state index contributed by atoms with van der Waals surface area (Å²) in [4.78, 5) is 36.7. The normalized spacial score (nSPS) is 15.9. The number of hydrogen-bond acceptors (Lipinski definition) is 7. The van der Waals surface area contributed by atoms with Crippen molar-refractivity contribution in [3.8, 4) is 28.1 Å². The van der Waals surface area contributed by atoms with Gasteiger partial charge in [0.05, 0.1) is 40.9 Å². The molecule has 2 aromatic carbocycles. The fourth-order valence-corrected chi connectivity index (χ4v) is 7.30. The second-order valence-electron chi connectivity index (χ2n) is 12.8. The van der Waals surface area contributed by atoms with Gasteiger partial charge in [0.2, 0.25) is 5.91 Å². The number of pyridine rings is 1. The monoisotopic (exact) mass is 721 g/mol. The Morgan fingerprint density at radius 2 is 1.94 bits per heavy atom. The van der Waals surface area contributed by atoms with E-state index in [1.54, 1.807) is 25.4 Å². The van der Waals surface area contributed by atoms with E-state index in [2.05, 4.69) is 25.8 Å². The predicted octanol–water partition coefficient (Wildman–Crippen LogP) is 6.58. The lowest BCUT2D eigenvalue weighted by Gasteiger charge is -2.26. The van der Waals surface area contributed by atoms with E-state index in [4.69, 9.17) is 32.9 Å². The van der Waals surface area contributed by atoms with E-state index in [1.165, 1.54) is 0 Å². The number of rotatable bonds is 14. The summed E-state index contributed by atoms with van der Waals surface area (Å²) in [5, 5.41) is 10.1. The highest BCUT2D eigenvalue weighted by Gasteiger charge is 2.26. The standard InChI is InChI=1S/C37H42Cl2FN7O3/c1-46-30-14-18-47(17-5-3-4-15-40)22-29(30)44-36(46)37(49)45-28-8-6-7-26(33(28)38)27-13-16-42-35(34(27)39)23-9-10-24(31(19-23)50-2)20-41-21-25-11-12-32(48)43-25/h6-10,13,16,19,25,41H,3-5,11-12,14-15,17-18,20-22H2,1-2H3,(H,43,48)(H,45,49). The number of methoxy groups -OCH3 is 1. The summed E-state index contributed by atoms with van der Waals surface area (Å²) in [5.41, 5.74) is 6.00. The van der Waals surface area contributed by atoms with Gasteiger partial charge in [0.1, 0.15) is 5.75 Å². The van der Waals surface area contributed by atoms with Gasteiger partial charge in [-0.2, -0.15) is 0 Å². The Hall–Kier alpha value is -4.03. The van der Waals surface area contributed by atoms with E-state index in [-0.39, 0.29) is 24.5 Å². The molecule has 264 valence electrons. The van der Waals surface area contributed by atoms with Gasteiger partial charge in [0.15, 0.2) is 5.82 Å². The topological polar surface area (TPSA) is 113 Å². The zero-order valence-electron chi connectivity index (χ0n) is 28.3. The molecule has 1 unspecified atom stereocenters. The highest BCUT2D eigenvalue weighted by Crippen LogP contribution is 2.41. The van der Waals surface area contributed by atoms with Crippen LogP contribution in [-0.4, -0.2) is 70.7 Å². The molecule has 6 rings (SSSR count). The SMILES string of the molecule is COc1cc(-c2nccc(-c3cccc(NC(=O)c4nc5c(n4C)CCN(CCCCCF)C5)c3Cl)c2Cl)ccc1CNCC1CCC(=O)N1. The molecule has 0 bridgehead atoms. The molecule has 0 aliphatic carbocycles. The van der Waals surface area contributed by atoms with Crippen molar-refractivity contribution < 1.29 is 18.7 Å². The molecule has 10 nitrogen and oxygen atoms in total. The third-order valence-corrected chi connectivity index (χ3v) is 10.2. The first-order chi connectivity index (χ1) is 24.3. The van der Waals surface area contributed by atoms with Crippen molar-refractivity contribution in [3.05, 3.63) is 81.5 Å². The second-order valence-corrected chi connectivity index (χ2v) is 13.5. The quantitative estimate of drug-likeness (QED) is 0.126. The maximum atomic E-state index is 13.5. The number of carbonyl (C=O) groups excluding carboxylic acids is 2. The van der Waals surface area contributed by atoms with Crippen LogP contribution < -0.4 is 20.7 Å². The molecule has 2 aromatic heterocycles. The number of ether oxygens (including phenoxy) is 1. The van der Waals surface area contributed by atoms with Gasteiger partial charge in [-0.15, -0.1) is 0 Å². The summed E-state index contributed by atoms with van der Waals surface area (Å²) >= 11 is 14.0. The van der Waals surface area contributed by atoms with Crippen LogP contribution >= 0.6 is 23.2 Å². The van der Waals surface area contributed by atoms with Crippen LogP contribution in [0.4, 0.5) is 10.1 Å². The minimum absolute atomic E-state index is 0.0952. The first-order valence-corrected chi connectivity index (χ1v) is 17.8. The molecule has 0 saturated carbocycles. The number of fused-ring (bicyclic) bond motifs is 1. The number of unbranched alkanes of at least 4 members (excludes halogenated alkanes) is 2. The van der Waals surface area contributed by atoms with E-state index in [0.717, 1.165) is 61.3 Å². The molecule has 1 atom stereocenters. The van der Waals surface area contributed by atoms with E-state index >= 15 is 0 Å². The largest absolute Gasteiger partial charge is 0.496 e. The van der Waals surface area contributed by atoms with Crippen molar-refractivity contribution in [2.45, 2.75) is 57.7 Å². The van der Waals surface area contributed by atoms with Crippen LogP contribution in [0.15, 0.2) is 48.7 Å². The van der Waals surface area contributed by atoms with Crippen molar-refractivity contribution in [3.63, 3.8) is 0 Å². The summed E-state index contributed by atoms with van der Waals surface area (Å²) in [7, 11) is 3.49. The summed E-state index contributed by atoms with van der Waals surface area (Å²) in [6, 6.07) is 13.2. The zero-order chi connectivity index (χ0) is 35.2. The Morgan fingerprint density at radius 3 is 2.72 bits per heavy atom. The summed E-state index contributed by atoms with van der Waals surface area (Å²) in [6.07, 6.45) is 6.28. The molecular formula is C37H42Cl2FN7O3. The number of carbonyl (C=O) groups is 2. The maximum Gasteiger partial charge on any atom is 0.291 e. The van der Waals surface area contributed by atoms with Crippen molar-refractivity contribution in [2.24, 2.45) is 7.05 Å². The Morgan fingerprint density at radius 1 is 1.10 bits per heavy atom. The molecule has 4 aromatic rings. The molecule has 13 heteroatoms. The number of nitrogens with one attached hydrogen (secondary N) is 3. The molecule has 50 heavy (non-hydrogen) atoms. The number of amides is 2. The number of halogens is 3. The number of benzene rings is 2. The van der Waals surface area contributed by atoms with Crippen LogP contribution in [0.25, 0.3) is 22.4 Å². The first kappa shape index (κ1) is 35.8. The summed E-state index contributed by atoms with van der Waals surface area (Å²) in [6.45, 7) is 3.41. The zero-order valence-corrected chi connectivity index (χ0v) is 29.8.